The Bertz CT molecular complexity index is 516. The Morgan fingerprint density at radius 3 is 2.50 bits per heavy atom. The molecule has 0 aromatic heterocycles. The van der Waals surface area contributed by atoms with Crippen LogP contribution in [0.25, 0.3) is 0 Å². The molecule has 1 aromatic carbocycles. The molecule has 0 saturated carbocycles. The Kier molecular flexibility index (Phi) is 6.11. The number of amides is 1. The van der Waals surface area contributed by atoms with Gasteiger partial charge in [-0.1, -0.05) is 0 Å². The zero-order valence-electron chi connectivity index (χ0n) is 13.2. The number of hydrogen-bond donors (Lipinski definition) is 2. The van der Waals surface area contributed by atoms with Crippen molar-refractivity contribution in [2.45, 2.75) is 45.3 Å². The van der Waals surface area contributed by atoms with E-state index in [1.54, 1.807) is 39.0 Å². The molecular weight excluding hydrogens is 294 g/mol. The fourth-order valence-electron chi connectivity index (χ4n) is 1.74. The molecule has 124 valence electrons. The first-order valence-corrected chi connectivity index (χ1v) is 6.83. The second-order valence-corrected chi connectivity index (χ2v) is 5.85. The lowest BCUT2D eigenvalue weighted by Gasteiger charge is -2.21. The number of alkyl halides is 2. The molecular formula is C15H22F2N2O3. The average molecular weight is 316 g/mol. The number of rotatable bonds is 5. The Morgan fingerprint density at radius 1 is 1.36 bits per heavy atom. The number of carbonyl (C=O) groups excluding carboxylic acids is 1. The Balaban J connectivity index is 2.95. The van der Waals surface area contributed by atoms with Gasteiger partial charge in [0.1, 0.15) is 11.4 Å². The minimum absolute atomic E-state index is 0.0972. The van der Waals surface area contributed by atoms with Gasteiger partial charge in [-0.05, 0) is 51.0 Å². The SMILES string of the molecule is COc1ccc(NC(=O)OC(C)(C)C)c(CC(N)C(F)F)c1. The normalized spacial score (nSPS) is 12.9. The largest absolute Gasteiger partial charge is 0.497 e. The van der Waals surface area contributed by atoms with Crippen LogP contribution in [0.5, 0.6) is 5.75 Å². The van der Waals surface area contributed by atoms with Crippen molar-refractivity contribution in [3.05, 3.63) is 23.8 Å². The molecule has 3 N–H and O–H groups in total. The number of methoxy groups -OCH3 is 1. The number of nitrogens with one attached hydrogen (secondary N) is 1. The van der Waals surface area contributed by atoms with E-state index in [4.69, 9.17) is 15.2 Å². The summed E-state index contributed by atoms with van der Waals surface area (Å²) in [6.07, 6.45) is -3.41. The molecule has 0 bridgehead atoms. The molecule has 22 heavy (non-hydrogen) atoms. The van der Waals surface area contributed by atoms with Gasteiger partial charge >= 0.3 is 6.09 Å². The van der Waals surface area contributed by atoms with Crippen LogP contribution in [0.3, 0.4) is 0 Å². The molecule has 0 aliphatic carbocycles. The van der Waals surface area contributed by atoms with Gasteiger partial charge in [0.05, 0.1) is 13.2 Å². The third kappa shape index (κ3) is 5.85. The lowest BCUT2D eigenvalue weighted by molar-refractivity contribution is 0.0635. The summed E-state index contributed by atoms with van der Waals surface area (Å²) in [6.45, 7) is 5.19. The van der Waals surface area contributed by atoms with E-state index in [2.05, 4.69) is 5.32 Å². The molecule has 0 fully saturated rings. The van der Waals surface area contributed by atoms with E-state index in [0.29, 0.717) is 17.0 Å². The summed E-state index contributed by atoms with van der Waals surface area (Å²) in [4.78, 5) is 11.8. The Hall–Kier alpha value is -1.89. The fraction of sp³-hybridized carbons (Fsp3) is 0.533. The number of nitrogens with two attached hydrogens (primary N) is 1. The van der Waals surface area contributed by atoms with Crippen molar-refractivity contribution in [3.8, 4) is 5.75 Å². The van der Waals surface area contributed by atoms with Gasteiger partial charge in [0.25, 0.3) is 6.43 Å². The van der Waals surface area contributed by atoms with Crippen LogP contribution in [0.2, 0.25) is 0 Å². The Labute approximate surface area is 128 Å². The number of carbonyl (C=O) groups is 1. The maximum Gasteiger partial charge on any atom is 0.412 e. The van der Waals surface area contributed by atoms with E-state index in [1.165, 1.54) is 7.11 Å². The van der Waals surface area contributed by atoms with Crippen LogP contribution in [0.4, 0.5) is 19.3 Å². The first-order chi connectivity index (χ1) is 10.1. The van der Waals surface area contributed by atoms with Crippen molar-refractivity contribution < 1.29 is 23.0 Å². The second-order valence-electron chi connectivity index (χ2n) is 5.85. The molecule has 0 aliphatic heterocycles. The van der Waals surface area contributed by atoms with Gasteiger partial charge in [0.15, 0.2) is 0 Å². The summed E-state index contributed by atoms with van der Waals surface area (Å²) in [7, 11) is 1.47. The van der Waals surface area contributed by atoms with Crippen LogP contribution < -0.4 is 15.8 Å². The highest BCUT2D eigenvalue weighted by molar-refractivity contribution is 5.86. The summed E-state index contributed by atoms with van der Waals surface area (Å²) in [6, 6.07) is 3.42. The molecule has 0 aliphatic rings. The summed E-state index contributed by atoms with van der Waals surface area (Å²) in [5.74, 6) is 0.492. The van der Waals surface area contributed by atoms with Crippen LogP contribution in [0.15, 0.2) is 18.2 Å². The minimum Gasteiger partial charge on any atom is -0.497 e. The van der Waals surface area contributed by atoms with Gasteiger partial charge < -0.3 is 15.2 Å². The zero-order chi connectivity index (χ0) is 16.9. The number of hydrogen-bond acceptors (Lipinski definition) is 4. The van der Waals surface area contributed by atoms with E-state index in [-0.39, 0.29) is 6.42 Å². The molecule has 0 radical (unpaired) electrons. The molecule has 0 heterocycles. The fourth-order valence-corrected chi connectivity index (χ4v) is 1.74. The number of anilines is 1. The molecule has 1 rings (SSSR count). The van der Waals surface area contributed by atoms with E-state index >= 15 is 0 Å². The van der Waals surface area contributed by atoms with Crippen LogP contribution in [0.1, 0.15) is 26.3 Å². The monoisotopic (exact) mass is 316 g/mol. The van der Waals surface area contributed by atoms with Crippen molar-refractivity contribution >= 4 is 11.8 Å². The van der Waals surface area contributed by atoms with Crippen molar-refractivity contribution in [3.63, 3.8) is 0 Å². The quantitative estimate of drug-likeness (QED) is 0.875. The number of benzene rings is 1. The summed E-state index contributed by atoms with van der Waals surface area (Å²) < 4.78 is 35.5. The van der Waals surface area contributed by atoms with E-state index < -0.39 is 24.2 Å². The molecule has 1 aromatic rings. The molecule has 1 unspecified atom stereocenters. The highest BCUT2D eigenvalue weighted by Gasteiger charge is 2.20. The molecule has 1 atom stereocenters. The van der Waals surface area contributed by atoms with E-state index in [0.717, 1.165) is 0 Å². The van der Waals surface area contributed by atoms with Crippen molar-refractivity contribution in [2.75, 3.05) is 12.4 Å². The molecule has 1 amide bonds. The molecule has 5 nitrogen and oxygen atoms in total. The van der Waals surface area contributed by atoms with E-state index in [1.807, 2.05) is 0 Å². The van der Waals surface area contributed by atoms with Crippen molar-refractivity contribution in [2.24, 2.45) is 5.73 Å². The van der Waals surface area contributed by atoms with Gasteiger partial charge in [-0.15, -0.1) is 0 Å². The first kappa shape index (κ1) is 18.2. The van der Waals surface area contributed by atoms with Crippen LogP contribution in [0, 0.1) is 0 Å². The molecule has 0 spiro atoms. The number of halogens is 2. The maximum atomic E-state index is 12.6. The third-order valence-corrected chi connectivity index (χ3v) is 2.73. The molecule has 7 heteroatoms. The van der Waals surface area contributed by atoms with Crippen LogP contribution >= 0.6 is 0 Å². The lowest BCUT2D eigenvalue weighted by Crippen LogP contribution is -2.32. The third-order valence-electron chi connectivity index (χ3n) is 2.73. The molecule has 0 saturated heterocycles. The highest BCUT2D eigenvalue weighted by Crippen LogP contribution is 2.25. The predicted molar refractivity (Wildman–Crippen MR) is 80.5 cm³/mol. The van der Waals surface area contributed by atoms with Gasteiger partial charge in [-0.3, -0.25) is 5.32 Å². The van der Waals surface area contributed by atoms with Gasteiger partial charge in [-0.2, -0.15) is 0 Å². The first-order valence-electron chi connectivity index (χ1n) is 6.83. The van der Waals surface area contributed by atoms with Gasteiger partial charge in [0, 0.05) is 5.69 Å². The Morgan fingerprint density at radius 2 is 2.00 bits per heavy atom. The maximum absolute atomic E-state index is 12.6. The summed E-state index contributed by atoms with van der Waals surface area (Å²) in [5, 5.41) is 2.55. The predicted octanol–water partition coefficient (Wildman–Crippen LogP) is 3.18. The zero-order valence-corrected chi connectivity index (χ0v) is 13.2. The van der Waals surface area contributed by atoms with Crippen LogP contribution in [-0.2, 0) is 11.2 Å². The minimum atomic E-state index is -2.65. The van der Waals surface area contributed by atoms with Crippen LogP contribution in [-0.4, -0.2) is 31.3 Å². The topological polar surface area (TPSA) is 73.6 Å². The smallest absolute Gasteiger partial charge is 0.412 e. The average Bonchev–Trinajstić information content (AvgIpc) is 2.38. The summed E-state index contributed by atoms with van der Waals surface area (Å²) in [5.41, 5.74) is 5.57. The summed E-state index contributed by atoms with van der Waals surface area (Å²) >= 11 is 0. The number of ether oxygens (including phenoxy) is 2. The lowest BCUT2D eigenvalue weighted by atomic mass is 10.0. The van der Waals surface area contributed by atoms with E-state index in [9.17, 15) is 13.6 Å². The van der Waals surface area contributed by atoms with Gasteiger partial charge in [-0.25, -0.2) is 13.6 Å². The standard InChI is InChI=1S/C15H22F2N2O3/c1-15(2,3)22-14(20)19-12-6-5-10(21-4)7-9(12)8-11(18)13(16)17/h5-7,11,13H,8,18H2,1-4H3,(H,19,20). The highest BCUT2D eigenvalue weighted by atomic mass is 19.3. The van der Waals surface area contributed by atoms with Gasteiger partial charge in [0.2, 0.25) is 0 Å². The second kappa shape index (κ2) is 7.40. The van der Waals surface area contributed by atoms with Crippen molar-refractivity contribution in [1.29, 1.82) is 0 Å². The van der Waals surface area contributed by atoms with Crippen molar-refractivity contribution in [1.82, 2.24) is 0 Å².